The molecule has 0 spiro atoms. The summed E-state index contributed by atoms with van der Waals surface area (Å²) in [7, 11) is -2.06. The van der Waals surface area contributed by atoms with Gasteiger partial charge in [0.05, 0.1) is 23.9 Å². The van der Waals surface area contributed by atoms with Gasteiger partial charge < -0.3 is 14.6 Å². The molecule has 1 heterocycles. The second-order valence-electron chi connectivity index (χ2n) is 4.62. The van der Waals surface area contributed by atoms with Crippen molar-refractivity contribution < 1.29 is 27.8 Å². The third-order valence-electron chi connectivity index (χ3n) is 3.19. The predicted molar refractivity (Wildman–Crippen MR) is 70.6 cm³/mol. The fourth-order valence-corrected chi connectivity index (χ4v) is 3.65. The number of hydrogen-bond acceptors (Lipinski definition) is 5. The van der Waals surface area contributed by atoms with Gasteiger partial charge in [-0.3, -0.25) is 0 Å². The van der Waals surface area contributed by atoms with Crippen LogP contribution in [0, 0.1) is 0 Å². The molecule has 1 aliphatic rings. The Morgan fingerprint density at radius 2 is 2.20 bits per heavy atom. The largest absolute Gasteiger partial charge is 0.497 e. The van der Waals surface area contributed by atoms with Gasteiger partial charge in [-0.2, -0.15) is 0 Å². The summed E-state index contributed by atoms with van der Waals surface area (Å²) in [5.41, 5.74) is 0. The van der Waals surface area contributed by atoms with Crippen LogP contribution in [-0.4, -0.2) is 44.6 Å². The maximum atomic E-state index is 12.2. The van der Waals surface area contributed by atoms with E-state index in [1.165, 1.54) is 19.2 Å². The van der Waals surface area contributed by atoms with E-state index in [1.54, 1.807) is 12.1 Å². The van der Waals surface area contributed by atoms with Gasteiger partial charge in [0.1, 0.15) is 5.75 Å². The Morgan fingerprint density at radius 3 is 2.80 bits per heavy atom. The molecule has 2 atom stereocenters. The molecule has 0 aliphatic carbocycles. The van der Waals surface area contributed by atoms with Crippen molar-refractivity contribution in [2.45, 2.75) is 29.9 Å². The number of ether oxygens (including phenoxy) is 2. The Labute approximate surface area is 117 Å². The first kappa shape index (κ1) is 14.8. The standard InChI is InChI=1S/C13H16O6S/c1-18-9-3-2-4-11(7-9)20(16,17)8-10-5-6-12(19-10)13(14)15/h2-4,7,10,12H,5-6,8H2,1H3,(H,14,15). The number of hydrogen-bond donors (Lipinski definition) is 1. The van der Waals surface area contributed by atoms with Crippen LogP contribution < -0.4 is 4.74 Å². The van der Waals surface area contributed by atoms with Gasteiger partial charge in [0.2, 0.25) is 0 Å². The summed E-state index contributed by atoms with van der Waals surface area (Å²) in [4.78, 5) is 10.9. The van der Waals surface area contributed by atoms with Gasteiger partial charge >= 0.3 is 5.97 Å². The minimum absolute atomic E-state index is 0.152. The SMILES string of the molecule is COc1cccc(S(=O)(=O)CC2CCC(C(=O)O)O2)c1. The van der Waals surface area contributed by atoms with Crippen molar-refractivity contribution >= 4 is 15.8 Å². The van der Waals surface area contributed by atoms with Gasteiger partial charge in [-0.25, -0.2) is 13.2 Å². The molecule has 1 saturated heterocycles. The van der Waals surface area contributed by atoms with Gasteiger partial charge in [0.15, 0.2) is 15.9 Å². The lowest BCUT2D eigenvalue weighted by molar-refractivity contribution is -0.148. The third-order valence-corrected chi connectivity index (χ3v) is 4.97. The highest BCUT2D eigenvalue weighted by atomic mass is 32.2. The lowest BCUT2D eigenvalue weighted by atomic mass is 10.2. The molecule has 0 amide bonds. The molecular formula is C13H16O6S. The van der Waals surface area contributed by atoms with Crippen molar-refractivity contribution in [2.75, 3.05) is 12.9 Å². The number of benzene rings is 1. The number of sulfone groups is 1. The van der Waals surface area contributed by atoms with E-state index in [0.29, 0.717) is 18.6 Å². The Kier molecular flexibility index (Phi) is 4.29. The summed E-state index contributed by atoms with van der Waals surface area (Å²) in [6.07, 6.45) is -0.707. The van der Waals surface area contributed by atoms with E-state index in [9.17, 15) is 13.2 Å². The van der Waals surface area contributed by atoms with E-state index in [2.05, 4.69) is 0 Å². The highest BCUT2D eigenvalue weighted by molar-refractivity contribution is 7.91. The lowest BCUT2D eigenvalue weighted by Gasteiger charge is -2.12. The number of carbonyl (C=O) groups is 1. The summed E-state index contributed by atoms with van der Waals surface area (Å²) in [5, 5.41) is 8.82. The average molecular weight is 300 g/mol. The number of carboxylic acid groups (broad SMARTS) is 1. The van der Waals surface area contributed by atoms with E-state index in [1.807, 2.05) is 0 Å². The van der Waals surface area contributed by atoms with Crippen LogP contribution in [0.15, 0.2) is 29.2 Å². The van der Waals surface area contributed by atoms with Crippen molar-refractivity contribution in [3.8, 4) is 5.75 Å². The summed E-state index contributed by atoms with van der Waals surface area (Å²) in [6, 6.07) is 6.19. The highest BCUT2D eigenvalue weighted by Gasteiger charge is 2.33. The Bertz CT molecular complexity index is 595. The van der Waals surface area contributed by atoms with Crippen molar-refractivity contribution in [3.63, 3.8) is 0 Å². The smallest absolute Gasteiger partial charge is 0.332 e. The first-order valence-electron chi connectivity index (χ1n) is 6.17. The molecule has 2 unspecified atom stereocenters. The second kappa shape index (κ2) is 5.80. The number of methoxy groups -OCH3 is 1. The van der Waals surface area contributed by atoms with Crippen molar-refractivity contribution in [1.82, 2.24) is 0 Å². The minimum Gasteiger partial charge on any atom is -0.497 e. The molecule has 1 aromatic rings. The number of rotatable bonds is 5. The fourth-order valence-electron chi connectivity index (χ4n) is 2.15. The monoisotopic (exact) mass is 300 g/mol. The topological polar surface area (TPSA) is 89.9 Å². The molecule has 1 aromatic carbocycles. The predicted octanol–water partition coefficient (Wildman–Crippen LogP) is 1.10. The van der Waals surface area contributed by atoms with Crippen LogP contribution in [0.4, 0.5) is 0 Å². The summed E-state index contributed by atoms with van der Waals surface area (Å²) in [6.45, 7) is 0. The molecule has 2 rings (SSSR count). The number of carboxylic acids is 1. The van der Waals surface area contributed by atoms with Gasteiger partial charge in [-0.05, 0) is 31.0 Å². The highest BCUT2D eigenvalue weighted by Crippen LogP contribution is 2.25. The van der Waals surface area contributed by atoms with Gasteiger partial charge in [0.25, 0.3) is 0 Å². The zero-order chi connectivity index (χ0) is 14.8. The average Bonchev–Trinajstić information content (AvgIpc) is 2.87. The Balaban J connectivity index is 2.10. The van der Waals surface area contributed by atoms with Crippen LogP contribution in [0.1, 0.15) is 12.8 Å². The van der Waals surface area contributed by atoms with E-state index in [-0.39, 0.29) is 10.6 Å². The zero-order valence-corrected chi connectivity index (χ0v) is 11.8. The maximum absolute atomic E-state index is 12.2. The quantitative estimate of drug-likeness (QED) is 0.876. The molecule has 1 N–H and O–H groups in total. The van der Waals surface area contributed by atoms with Crippen molar-refractivity contribution in [2.24, 2.45) is 0 Å². The van der Waals surface area contributed by atoms with Gasteiger partial charge in [-0.15, -0.1) is 0 Å². The second-order valence-corrected chi connectivity index (χ2v) is 6.66. The normalized spacial score (nSPS) is 22.6. The first-order valence-corrected chi connectivity index (χ1v) is 7.82. The fraction of sp³-hybridized carbons (Fsp3) is 0.462. The molecule has 1 fully saturated rings. The molecule has 1 aliphatic heterocycles. The summed E-state index contributed by atoms with van der Waals surface area (Å²) < 4.78 is 34.7. The Morgan fingerprint density at radius 1 is 1.45 bits per heavy atom. The van der Waals surface area contributed by atoms with E-state index in [0.717, 1.165) is 0 Å². The minimum atomic E-state index is -3.52. The molecule has 0 bridgehead atoms. The van der Waals surface area contributed by atoms with Crippen LogP contribution in [0.3, 0.4) is 0 Å². The lowest BCUT2D eigenvalue weighted by Crippen LogP contribution is -2.25. The van der Waals surface area contributed by atoms with Crippen molar-refractivity contribution in [3.05, 3.63) is 24.3 Å². The molecule has 0 aromatic heterocycles. The first-order chi connectivity index (χ1) is 9.42. The molecule has 110 valence electrons. The Hall–Kier alpha value is -1.60. The molecule has 20 heavy (non-hydrogen) atoms. The van der Waals surface area contributed by atoms with Crippen LogP contribution in [-0.2, 0) is 19.4 Å². The molecule has 0 saturated carbocycles. The molecular weight excluding hydrogens is 284 g/mol. The van der Waals surface area contributed by atoms with E-state index < -0.39 is 28.0 Å². The maximum Gasteiger partial charge on any atom is 0.332 e. The third kappa shape index (κ3) is 3.29. The summed E-state index contributed by atoms with van der Waals surface area (Å²) >= 11 is 0. The van der Waals surface area contributed by atoms with E-state index in [4.69, 9.17) is 14.6 Å². The van der Waals surface area contributed by atoms with Crippen molar-refractivity contribution in [1.29, 1.82) is 0 Å². The summed E-state index contributed by atoms with van der Waals surface area (Å²) in [5.74, 6) is -0.808. The van der Waals surface area contributed by atoms with Crippen LogP contribution in [0.25, 0.3) is 0 Å². The van der Waals surface area contributed by atoms with E-state index >= 15 is 0 Å². The van der Waals surface area contributed by atoms with Crippen LogP contribution in [0.5, 0.6) is 5.75 Å². The number of aliphatic carboxylic acids is 1. The molecule has 6 nitrogen and oxygen atoms in total. The molecule has 0 radical (unpaired) electrons. The van der Waals surface area contributed by atoms with Crippen LogP contribution >= 0.6 is 0 Å². The van der Waals surface area contributed by atoms with Gasteiger partial charge in [-0.1, -0.05) is 6.07 Å². The molecule has 7 heteroatoms. The zero-order valence-electron chi connectivity index (χ0n) is 11.0. The van der Waals surface area contributed by atoms with Gasteiger partial charge in [0, 0.05) is 0 Å². The van der Waals surface area contributed by atoms with Crippen LogP contribution in [0.2, 0.25) is 0 Å².